The van der Waals surface area contributed by atoms with Crippen molar-refractivity contribution in [1.82, 2.24) is 0 Å². The van der Waals surface area contributed by atoms with Crippen molar-refractivity contribution in [3.05, 3.63) is 35.4 Å². The molecule has 0 aliphatic rings. The predicted octanol–water partition coefficient (Wildman–Crippen LogP) is 1.71. The van der Waals surface area contributed by atoms with Gasteiger partial charge in [-0.3, -0.25) is 4.79 Å². The molecule has 0 aromatic heterocycles. The molecule has 5 nitrogen and oxygen atoms in total. The molecular weight excluding hydrogens is 246 g/mol. The van der Waals surface area contributed by atoms with E-state index in [-0.39, 0.29) is 6.42 Å². The van der Waals surface area contributed by atoms with E-state index in [4.69, 9.17) is 20.3 Å². The lowest BCUT2D eigenvalue weighted by molar-refractivity contribution is -0.140. The fraction of sp³-hybridized carbons (Fsp3) is 0.500. The zero-order chi connectivity index (χ0) is 14.3. The number of rotatable bonds is 8. The highest BCUT2D eigenvalue weighted by Crippen LogP contribution is 2.20. The maximum absolute atomic E-state index is 10.8. The normalized spacial score (nSPS) is 12.6. The molecule has 1 rings (SSSR count). The van der Waals surface area contributed by atoms with Crippen LogP contribution in [0, 0.1) is 0 Å². The van der Waals surface area contributed by atoms with Crippen molar-refractivity contribution in [2.24, 2.45) is 5.73 Å². The van der Waals surface area contributed by atoms with Crippen LogP contribution in [0.15, 0.2) is 24.3 Å². The predicted molar refractivity (Wildman–Crippen MR) is 71.8 cm³/mol. The van der Waals surface area contributed by atoms with E-state index < -0.39 is 18.3 Å². The lowest BCUT2D eigenvalue weighted by atomic mass is 10.0. The minimum absolute atomic E-state index is 0.286. The molecule has 0 bridgehead atoms. The van der Waals surface area contributed by atoms with Crippen molar-refractivity contribution in [2.75, 3.05) is 13.2 Å². The highest BCUT2D eigenvalue weighted by atomic mass is 16.7. The molecule has 0 aliphatic carbocycles. The van der Waals surface area contributed by atoms with Gasteiger partial charge in [-0.15, -0.1) is 0 Å². The molecule has 0 amide bonds. The Morgan fingerprint density at radius 2 is 1.95 bits per heavy atom. The van der Waals surface area contributed by atoms with Gasteiger partial charge in [0, 0.05) is 18.8 Å². The summed E-state index contributed by atoms with van der Waals surface area (Å²) in [5, 5.41) is 8.82. The van der Waals surface area contributed by atoms with Crippen LogP contribution in [0.2, 0.25) is 0 Å². The van der Waals surface area contributed by atoms with Gasteiger partial charge in [-0.25, -0.2) is 0 Å². The minimum atomic E-state index is -1.00. The summed E-state index contributed by atoms with van der Waals surface area (Å²) in [7, 11) is 0. The molecule has 3 N–H and O–H groups in total. The molecule has 0 radical (unpaired) electrons. The molecule has 0 aliphatic heterocycles. The molecule has 0 heterocycles. The van der Waals surface area contributed by atoms with Crippen molar-refractivity contribution in [3.63, 3.8) is 0 Å². The number of aliphatic carboxylic acids is 1. The summed E-state index contributed by atoms with van der Waals surface area (Å²) in [5.74, 6) is -1.00. The molecule has 1 aromatic carbocycles. The van der Waals surface area contributed by atoms with Crippen LogP contribution >= 0.6 is 0 Å². The Balaban J connectivity index is 2.82. The molecule has 1 unspecified atom stereocenters. The smallest absolute Gasteiger partial charge is 0.320 e. The van der Waals surface area contributed by atoms with Gasteiger partial charge >= 0.3 is 5.97 Å². The van der Waals surface area contributed by atoms with Crippen molar-refractivity contribution >= 4 is 5.97 Å². The standard InChI is InChI=1S/C14H21NO4/c1-3-18-14(19-4-2)11-7-5-6-10(8-11)9-12(15)13(16)17/h5-8,12,14H,3-4,9,15H2,1-2H3,(H,16,17). The van der Waals surface area contributed by atoms with Crippen molar-refractivity contribution in [2.45, 2.75) is 32.6 Å². The average molecular weight is 267 g/mol. The second-order valence-electron chi connectivity index (χ2n) is 4.14. The van der Waals surface area contributed by atoms with Crippen molar-refractivity contribution < 1.29 is 19.4 Å². The Hall–Kier alpha value is -1.43. The summed E-state index contributed by atoms with van der Waals surface area (Å²) >= 11 is 0. The Morgan fingerprint density at radius 1 is 1.32 bits per heavy atom. The third-order valence-electron chi connectivity index (χ3n) is 2.63. The second-order valence-corrected chi connectivity index (χ2v) is 4.14. The summed E-state index contributed by atoms with van der Waals surface area (Å²) in [6.45, 7) is 4.89. The number of ether oxygens (including phenoxy) is 2. The summed E-state index contributed by atoms with van der Waals surface area (Å²) in [5.41, 5.74) is 7.26. The minimum Gasteiger partial charge on any atom is -0.480 e. The number of benzene rings is 1. The zero-order valence-corrected chi connectivity index (χ0v) is 11.3. The van der Waals surface area contributed by atoms with Gasteiger partial charge in [0.25, 0.3) is 0 Å². The van der Waals surface area contributed by atoms with Gasteiger partial charge in [0.1, 0.15) is 6.04 Å². The lowest BCUT2D eigenvalue weighted by Crippen LogP contribution is -2.32. The third-order valence-corrected chi connectivity index (χ3v) is 2.63. The Labute approximate surface area is 113 Å². The summed E-state index contributed by atoms with van der Waals surface area (Å²) < 4.78 is 11.0. The first-order valence-electron chi connectivity index (χ1n) is 6.38. The number of carboxylic acid groups (broad SMARTS) is 1. The van der Waals surface area contributed by atoms with E-state index in [0.717, 1.165) is 11.1 Å². The monoisotopic (exact) mass is 267 g/mol. The largest absolute Gasteiger partial charge is 0.480 e. The molecule has 1 aromatic rings. The van der Waals surface area contributed by atoms with Gasteiger partial charge in [-0.05, 0) is 25.8 Å². The molecule has 1 atom stereocenters. The first kappa shape index (κ1) is 15.6. The molecule has 106 valence electrons. The van der Waals surface area contributed by atoms with Crippen LogP contribution in [0.1, 0.15) is 31.3 Å². The highest BCUT2D eigenvalue weighted by Gasteiger charge is 2.15. The Bertz CT molecular complexity index is 402. The molecular formula is C14H21NO4. The Morgan fingerprint density at radius 3 is 2.47 bits per heavy atom. The molecule has 0 spiro atoms. The number of carbonyl (C=O) groups is 1. The number of nitrogens with two attached hydrogens (primary N) is 1. The third kappa shape index (κ3) is 4.98. The van der Waals surface area contributed by atoms with Crippen LogP contribution < -0.4 is 5.73 Å². The molecule has 0 saturated carbocycles. The fourth-order valence-electron chi connectivity index (χ4n) is 1.75. The summed E-state index contributed by atoms with van der Waals surface area (Å²) in [6.07, 6.45) is -0.135. The zero-order valence-electron chi connectivity index (χ0n) is 11.3. The topological polar surface area (TPSA) is 81.8 Å². The first-order chi connectivity index (χ1) is 9.08. The van der Waals surface area contributed by atoms with E-state index in [2.05, 4.69) is 0 Å². The summed E-state index contributed by atoms with van der Waals surface area (Å²) in [6, 6.07) is 6.57. The van der Waals surface area contributed by atoms with E-state index in [1.807, 2.05) is 38.1 Å². The van der Waals surface area contributed by atoms with E-state index in [1.54, 1.807) is 0 Å². The maximum Gasteiger partial charge on any atom is 0.320 e. The average Bonchev–Trinajstić information content (AvgIpc) is 2.38. The molecule has 0 fully saturated rings. The van der Waals surface area contributed by atoms with Crippen molar-refractivity contribution in [1.29, 1.82) is 0 Å². The lowest BCUT2D eigenvalue weighted by Gasteiger charge is -2.18. The van der Waals surface area contributed by atoms with E-state index in [9.17, 15) is 4.79 Å². The van der Waals surface area contributed by atoms with E-state index >= 15 is 0 Å². The summed E-state index contributed by atoms with van der Waals surface area (Å²) in [4.78, 5) is 10.8. The molecule has 5 heteroatoms. The number of hydrogen-bond acceptors (Lipinski definition) is 4. The van der Waals surface area contributed by atoms with Crippen LogP contribution in [-0.4, -0.2) is 30.3 Å². The van der Waals surface area contributed by atoms with Crippen molar-refractivity contribution in [3.8, 4) is 0 Å². The maximum atomic E-state index is 10.8. The Kier molecular flexibility index (Phi) is 6.49. The molecule has 0 saturated heterocycles. The number of hydrogen-bond donors (Lipinski definition) is 2. The van der Waals surface area contributed by atoms with E-state index in [1.165, 1.54) is 0 Å². The van der Waals surface area contributed by atoms with Crippen LogP contribution in [0.3, 0.4) is 0 Å². The molecule has 19 heavy (non-hydrogen) atoms. The van der Waals surface area contributed by atoms with Gasteiger partial charge in [-0.1, -0.05) is 24.3 Å². The fourth-order valence-corrected chi connectivity index (χ4v) is 1.75. The van der Waals surface area contributed by atoms with Crippen LogP contribution in [0.25, 0.3) is 0 Å². The van der Waals surface area contributed by atoms with Gasteiger partial charge in [0.15, 0.2) is 6.29 Å². The SMILES string of the molecule is CCOC(OCC)c1cccc(CC(N)C(=O)O)c1. The van der Waals surface area contributed by atoms with Gasteiger partial charge in [0.2, 0.25) is 0 Å². The van der Waals surface area contributed by atoms with Gasteiger partial charge in [-0.2, -0.15) is 0 Å². The van der Waals surface area contributed by atoms with Crippen LogP contribution in [0.5, 0.6) is 0 Å². The van der Waals surface area contributed by atoms with E-state index in [0.29, 0.717) is 13.2 Å². The van der Waals surface area contributed by atoms with Crippen LogP contribution in [0.4, 0.5) is 0 Å². The second kappa shape index (κ2) is 7.89. The van der Waals surface area contributed by atoms with Gasteiger partial charge < -0.3 is 20.3 Å². The highest BCUT2D eigenvalue weighted by molar-refractivity contribution is 5.73. The quantitative estimate of drug-likeness (QED) is 0.701. The first-order valence-corrected chi connectivity index (χ1v) is 6.38. The van der Waals surface area contributed by atoms with Gasteiger partial charge in [0.05, 0.1) is 0 Å². The van der Waals surface area contributed by atoms with Crippen LogP contribution in [-0.2, 0) is 20.7 Å². The number of carboxylic acids is 1.